The predicted octanol–water partition coefficient (Wildman–Crippen LogP) is 3.83. The fourth-order valence-corrected chi connectivity index (χ4v) is 3.83. The normalized spacial score (nSPS) is 11.7. The molecule has 0 aliphatic rings. The van der Waals surface area contributed by atoms with Gasteiger partial charge in [-0.25, -0.2) is 19.0 Å². The Morgan fingerprint density at radius 3 is 2.54 bits per heavy atom. The van der Waals surface area contributed by atoms with E-state index in [1.54, 1.807) is 26.1 Å². The number of urea groups is 1. The molecule has 39 heavy (non-hydrogen) atoms. The highest BCUT2D eigenvalue weighted by molar-refractivity contribution is 5.99. The lowest BCUT2D eigenvalue weighted by atomic mass is 9.92. The summed E-state index contributed by atoms with van der Waals surface area (Å²) in [4.78, 5) is 40.6. The van der Waals surface area contributed by atoms with Gasteiger partial charge in [0, 0.05) is 36.5 Å². The molecular weight excluding hydrogens is 505 g/mol. The van der Waals surface area contributed by atoms with Crippen molar-refractivity contribution in [2.75, 3.05) is 43.1 Å². The number of aryl methyl sites for hydroxylation is 2. The number of amides is 2. The van der Waals surface area contributed by atoms with Crippen molar-refractivity contribution < 1.29 is 13.7 Å². The molecule has 206 valence electrons. The van der Waals surface area contributed by atoms with Crippen molar-refractivity contribution in [3.05, 3.63) is 57.6 Å². The molecule has 0 radical (unpaired) electrons. The van der Waals surface area contributed by atoms with Gasteiger partial charge in [-0.3, -0.25) is 9.88 Å². The maximum Gasteiger partial charge on any atom is 0.354 e. The third-order valence-corrected chi connectivity index (χ3v) is 6.02. The number of likely N-dealkylation sites (N-methyl/N-ethyl adjacent to an activating group) is 1. The van der Waals surface area contributed by atoms with Crippen LogP contribution < -0.4 is 21.6 Å². The van der Waals surface area contributed by atoms with Gasteiger partial charge in [0.1, 0.15) is 5.82 Å². The summed E-state index contributed by atoms with van der Waals surface area (Å²) < 4.78 is 21.4. The van der Waals surface area contributed by atoms with E-state index in [0.717, 1.165) is 6.54 Å². The van der Waals surface area contributed by atoms with Crippen LogP contribution in [0.3, 0.4) is 0 Å². The van der Waals surface area contributed by atoms with E-state index in [4.69, 9.17) is 4.52 Å². The molecule has 4 aromatic rings. The van der Waals surface area contributed by atoms with E-state index in [0.29, 0.717) is 40.5 Å². The number of benzene rings is 1. The summed E-state index contributed by atoms with van der Waals surface area (Å²) in [5, 5.41) is 12.6. The van der Waals surface area contributed by atoms with Gasteiger partial charge < -0.3 is 20.1 Å². The molecule has 12 nitrogen and oxygen atoms in total. The summed E-state index contributed by atoms with van der Waals surface area (Å²) in [5.41, 5.74) is 1.24. The van der Waals surface area contributed by atoms with Gasteiger partial charge >= 0.3 is 11.7 Å². The Morgan fingerprint density at radius 2 is 1.87 bits per heavy atom. The second-order valence-corrected chi connectivity index (χ2v) is 10.5. The molecule has 1 aromatic carbocycles. The van der Waals surface area contributed by atoms with Crippen molar-refractivity contribution in [2.45, 2.75) is 40.0 Å². The second-order valence-electron chi connectivity index (χ2n) is 10.5. The zero-order valence-corrected chi connectivity index (χ0v) is 23.0. The smallest absolute Gasteiger partial charge is 0.353 e. The van der Waals surface area contributed by atoms with Crippen molar-refractivity contribution >= 4 is 34.6 Å². The molecule has 0 unspecified atom stereocenters. The minimum absolute atomic E-state index is 0.117. The Labute approximate surface area is 224 Å². The molecule has 3 heterocycles. The highest BCUT2D eigenvalue weighted by Gasteiger charge is 2.21. The summed E-state index contributed by atoms with van der Waals surface area (Å²) in [7, 11) is 3.92. The maximum atomic E-state index is 14.8. The number of fused-ring (bicyclic) bond motifs is 1. The molecule has 0 spiro atoms. The number of nitrogens with zero attached hydrogens (tertiary/aromatic N) is 6. The third-order valence-electron chi connectivity index (χ3n) is 6.02. The second kappa shape index (κ2) is 10.8. The van der Waals surface area contributed by atoms with Crippen LogP contribution in [0.5, 0.6) is 0 Å². The number of rotatable bonds is 7. The Bertz CT molecular complexity index is 1590. The fraction of sp³-hybridized carbons (Fsp3) is 0.385. The summed E-state index contributed by atoms with van der Waals surface area (Å²) in [5.74, 6) is -0.188. The van der Waals surface area contributed by atoms with Crippen molar-refractivity contribution in [2.24, 2.45) is 0 Å². The van der Waals surface area contributed by atoms with Gasteiger partial charge in [-0.15, -0.1) is 0 Å². The summed E-state index contributed by atoms with van der Waals surface area (Å²) in [6.07, 6.45) is 1.59. The molecule has 0 atom stereocenters. The lowest BCUT2D eigenvalue weighted by molar-refractivity contribution is 0.261. The van der Waals surface area contributed by atoms with Gasteiger partial charge in [0.05, 0.1) is 22.5 Å². The Kier molecular flexibility index (Phi) is 7.63. The van der Waals surface area contributed by atoms with Crippen LogP contribution in [-0.2, 0) is 5.41 Å². The quantitative estimate of drug-likeness (QED) is 0.320. The molecule has 0 bridgehead atoms. The van der Waals surface area contributed by atoms with Gasteiger partial charge in [-0.05, 0) is 45.6 Å². The minimum atomic E-state index is -0.733. The average molecular weight is 538 g/mol. The van der Waals surface area contributed by atoms with Crippen molar-refractivity contribution in [1.29, 1.82) is 0 Å². The molecule has 13 heteroatoms. The number of hydrogen-bond donors (Lipinski definition) is 3. The molecule has 0 aliphatic carbocycles. The van der Waals surface area contributed by atoms with Crippen molar-refractivity contribution in [3.8, 4) is 5.69 Å². The molecular formula is C26H32FN9O3. The molecule has 0 saturated carbocycles. The van der Waals surface area contributed by atoms with Crippen molar-refractivity contribution in [1.82, 2.24) is 29.6 Å². The zero-order valence-electron chi connectivity index (χ0n) is 23.0. The fourth-order valence-electron chi connectivity index (χ4n) is 3.83. The van der Waals surface area contributed by atoms with Crippen LogP contribution in [0.2, 0.25) is 0 Å². The van der Waals surface area contributed by atoms with Gasteiger partial charge in [-0.2, -0.15) is 9.97 Å². The number of carbonyl (C=O) groups is 1. The van der Waals surface area contributed by atoms with Gasteiger partial charge in [0.2, 0.25) is 11.8 Å². The van der Waals surface area contributed by atoms with E-state index in [1.165, 1.54) is 16.7 Å². The Balaban J connectivity index is 1.62. The van der Waals surface area contributed by atoms with Crippen LogP contribution in [0.15, 0.2) is 33.7 Å². The molecule has 0 aliphatic heterocycles. The lowest BCUT2D eigenvalue weighted by Gasteiger charge is -2.16. The van der Waals surface area contributed by atoms with E-state index in [-0.39, 0.29) is 22.6 Å². The Morgan fingerprint density at radius 1 is 1.13 bits per heavy atom. The van der Waals surface area contributed by atoms with E-state index >= 15 is 0 Å². The first-order valence-electron chi connectivity index (χ1n) is 12.3. The van der Waals surface area contributed by atoms with Crippen LogP contribution in [0.1, 0.15) is 37.7 Å². The summed E-state index contributed by atoms with van der Waals surface area (Å²) in [6.45, 7) is 10.7. The van der Waals surface area contributed by atoms with Crippen LogP contribution in [0.4, 0.5) is 26.7 Å². The number of halogens is 1. The maximum absolute atomic E-state index is 14.8. The highest BCUT2D eigenvalue weighted by Crippen LogP contribution is 2.26. The number of anilines is 3. The van der Waals surface area contributed by atoms with E-state index in [1.807, 2.05) is 39.8 Å². The van der Waals surface area contributed by atoms with Crippen molar-refractivity contribution in [3.63, 3.8) is 0 Å². The number of hydrogen-bond acceptors (Lipinski definition) is 9. The SMILES string of the molecule is Cc1cc(F)c(NC(=O)Nc2cc(C(C)(C)C)no2)cc1-n1c(C)c2cnc(NCCN(C)C)nc2nc1=O. The third kappa shape index (κ3) is 6.20. The molecule has 0 saturated heterocycles. The van der Waals surface area contributed by atoms with Gasteiger partial charge in [0.25, 0.3) is 0 Å². The molecule has 3 aromatic heterocycles. The molecule has 4 rings (SSSR count). The standard InChI is InChI=1S/C26H32FN9O3/c1-14-10-17(27)18(30-24(37)31-21-12-20(34-39-21)26(3,4)5)11-19(14)36-15(2)16-13-29-23(28-8-9-35(6)7)32-22(16)33-25(36)38/h10-13H,8-9H2,1-7H3,(H2,30,31,37)(H,28,32,33,38). The number of nitrogens with one attached hydrogen (secondary N) is 3. The van der Waals surface area contributed by atoms with Gasteiger partial charge in [-0.1, -0.05) is 25.9 Å². The predicted molar refractivity (Wildman–Crippen MR) is 147 cm³/mol. The lowest BCUT2D eigenvalue weighted by Crippen LogP contribution is -2.26. The van der Waals surface area contributed by atoms with E-state index < -0.39 is 17.5 Å². The molecule has 2 amide bonds. The van der Waals surface area contributed by atoms with Gasteiger partial charge in [0.15, 0.2) is 5.65 Å². The average Bonchev–Trinajstić information content (AvgIpc) is 3.30. The monoisotopic (exact) mass is 537 g/mol. The number of aromatic nitrogens is 5. The number of carbonyl (C=O) groups excluding carboxylic acids is 1. The summed E-state index contributed by atoms with van der Waals surface area (Å²) >= 11 is 0. The highest BCUT2D eigenvalue weighted by atomic mass is 19.1. The van der Waals surface area contributed by atoms with E-state index in [9.17, 15) is 14.0 Å². The minimum Gasteiger partial charge on any atom is -0.353 e. The van der Waals surface area contributed by atoms with Crippen LogP contribution in [-0.4, -0.2) is 62.8 Å². The largest absolute Gasteiger partial charge is 0.354 e. The first-order chi connectivity index (χ1) is 18.3. The first-order valence-corrected chi connectivity index (χ1v) is 12.3. The Hall–Kier alpha value is -4.39. The molecule has 3 N–H and O–H groups in total. The summed E-state index contributed by atoms with van der Waals surface area (Å²) in [6, 6.07) is 3.49. The van der Waals surface area contributed by atoms with Crippen LogP contribution >= 0.6 is 0 Å². The zero-order chi connectivity index (χ0) is 28.5. The first kappa shape index (κ1) is 27.6. The van der Waals surface area contributed by atoms with Crippen LogP contribution in [0.25, 0.3) is 16.7 Å². The topological polar surface area (TPSA) is 143 Å². The van der Waals surface area contributed by atoms with E-state index in [2.05, 4.69) is 36.1 Å². The van der Waals surface area contributed by atoms with Crippen LogP contribution in [0, 0.1) is 19.7 Å². The molecule has 0 fully saturated rings.